The molecule has 9 nitrogen and oxygen atoms in total. The van der Waals surface area contributed by atoms with E-state index in [9.17, 15) is 19.5 Å². The van der Waals surface area contributed by atoms with E-state index in [2.05, 4.69) is 10.4 Å². The van der Waals surface area contributed by atoms with Crippen LogP contribution < -0.4 is 10.9 Å². The zero-order valence-corrected chi connectivity index (χ0v) is 14.4. The summed E-state index contributed by atoms with van der Waals surface area (Å²) in [4.78, 5) is 36.6. The van der Waals surface area contributed by atoms with Crippen LogP contribution in [0.25, 0.3) is 5.69 Å². The zero-order chi connectivity index (χ0) is 19.0. The number of carboxylic acids is 1. The number of hydrogen-bond acceptors (Lipinski definition) is 4. The van der Waals surface area contributed by atoms with E-state index in [-0.39, 0.29) is 16.9 Å². The Hall–Kier alpha value is -3.62. The van der Waals surface area contributed by atoms with Crippen LogP contribution >= 0.6 is 0 Å². The van der Waals surface area contributed by atoms with E-state index < -0.39 is 17.4 Å². The number of hydrogen-bond donors (Lipinski definition) is 2. The molecule has 0 radical (unpaired) electrons. The normalized spacial score (nSPS) is 10.7. The molecule has 134 valence electrons. The van der Waals surface area contributed by atoms with E-state index in [1.165, 1.54) is 22.6 Å². The number of aryl methyl sites for hydroxylation is 1. The smallest absolute Gasteiger partial charge is 0.339 e. The van der Waals surface area contributed by atoms with E-state index in [1.807, 2.05) is 6.07 Å². The Balaban J connectivity index is 2.03. The number of carboxylic acid groups (broad SMARTS) is 1. The van der Waals surface area contributed by atoms with Crippen molar-refractivity contribution < 1.29 is 14.7 Å². The highest BCUT2D eigenvalue weighted by Crippen LogP contribution is 2.16. The van der Waals surface area contributed by atoms with Gasteiger partial charge in [-0.25, -0.2) is 9.48 Å². The number of carbonyl (C=O) groups is 2. The minimum atomic E-state index is -1.27. The average Bonchev–Trinajstić information content (AvgIpc) is 3.10. The van der Waals surface area contributed by atoms with Crippen molar-refractivity contribution in [2.24, 2.45) is 14.1 Å². The fourth-order valence-electron chi connectivity index (χ4n) is 2.70. The third-order valence-corrected chi connectivity index (χ3v) is 4.07. The van der Waals surface area contributed by atoms with Crippen LogP contribution in [0.4, 0.5) is 5.69 Å². The molecule has 0 aliphatic rings. The first-order valence-corrected chi connectivity index (χ1v) is 7.73. The Bertz CT molecular complexity index is 1060. The van der Waals surface area contributed by atoms with Crippen LogP contribution in [0.5, 0.6) is 0 Å². The van der Waals surface area contributed by atoms with Gasteiger partial charge in [0.15, 0.2) is 5.69 Å². The minimum absolute atomic E-state index is 0.0725. The van der Waals surface area contributed by atoms with Gasteiger partial charge >= 0.3 is 5.97 Å². The zero-order valence-electron chi connectivity index (χ0n) is 14.4. The number of anilines is 1. The second kappa shape index (κ2) is 6.36. The second-order valence-corrected chi connectivity index (χ2v) is 5.76. The number of aromatic carboxylic acids is 1. The number of benzene rings is 1. The second-order valence-electron chi connectivity index (χ2n) is 5.76. The van der Waals surface area contributed by atoms with Gasteiger partial charge in [-0.1, -0.05) is 18.2 Å². The van der Waals surface area contributed by atoms with Crippen molar-refractivity contribution in [3.63, 3.8) is 0 Å². The van der Waals surface area contributed by atoms with Gasteiger partial charge in [0.1, 0.15) is 11.3 Å². The summed E-state index contributed by atoms with van der Waals surface area (Å²) in [7, 11) is 3.21. The first-order valence-electron chi connectivity index (χ1n) is 7.73. The number of para-hydroxylation sites is 1. The van der Waals surface area contributed by atoms with Gasteiger partial charge in [-0.15, -0.1) is 0 Å². The van der Waals surface area contributed by atoms with Crippen molar-refractivity contribution in [3.8, 4) is 5.69 Å². The van der Waals surface area contributed by atoms with Gasteiger partial charge in [-0.3, -0.25) is 19.0 Å². The Morgan fingerprint density at radius 2 is 1.81 bits per heavy atom. The molecule has 0 atom stereocenters. The van der Waals surface area contributed by atoms with Crippen molar-refractivity contribution in [3.05, 3.63) is 63.8 Å². The van der Waals surface area contributed by atoms with E-state index in [0.29, 0.717) is 11.4 Å². The van der Waals surface area contributed by atoms with Crippen molar-refractivity contribution in [1.29, 1.82) is 0 Å². The van der Waals surface area contributed by atoms with Gasteiger partial charge in [0.05, 0.1) is 11.4 Å². The molecule has 9 heteroatoms. The summed E-state index contributed by atoms with van der Waals surface area (Å²) in [6.07, 6.45) is 1.23. The summed E-state index contributed by atoms with van der Waals surface area (Å²) in [5.41, 5.74) is 0.337. The maximum Gasteiger partial charge on any atom is 0.339 e. The highest BCUT2D eigenvalue weighted by molar-refractivity contribution is 6.09. The molecule has 3 aromatic rings. The summed E-state index contributed by atoms with van der Waals surface area (Å²) >= 11 is 0. The first-order chi connectivity index (χ1) is 12.3. The highest BCUT2D eigenvalue weighted by Gasteiger charge is 2.24. The van der Waals surface area contributed by atoms with E-state index >= 15 is 0 Å². The lowest BCUT2D eigenvalue weighted by atomic mass is 10.2. The molecule has 0 aliphatic carbocycles. The molecule has 0 saturated carbocycles. The summed E-state index contributed by atoms with van der Waals surface area (Å²) in [5.74, 6) is -2.02. The Morgan fingerprint density at radius 3 is 2.42 bits per heavy atom. The SMILES string of the molecule is Cc1c(NC(=O)c2nn(C)cc2C(=O)O)c(=O)n(-c2ccccc2)n1C. The van der Waals surface area contributed by atoms with Gasteiger partial charge in [0.2, 0.25) is 0 Å². The van der Waals surface area contributed by atoms with E-state index in [0.717, 1.165) is 0 Å². The van der Waals surface area contributed by atoms with Crippen molar-refractivity contribution in [1.82, 2.24) is 19.1 Å². The molecule has 0 spiro atoms. The van der Waals surface area contributed by atoms with Gasteiger partial charge < -0.3 is 10.4 Å². The van der Waals surface area contributed by atoms with Crippen molar-refractivity contribution >= 4 is 17.6 Å². The molecule has 2 heterocycles. The summed E-state index contributed by atoms with van der Waals surface area (Å²) < 4.78 is 4.27. The van der Waals surface area contributed by atoms with Crippen LogP contribution in [0.2, 0.25) is 0 Å². The van der Waals surface area contributed by atoms with Crippen LogP contribution in [0.15, 0.2) is 41.3 Å². The van der Waals surface area contributed by atoms with Crippen LogP contribution in [0.1, 0.15) is 26.5 Å². The number of amides is 1. The van der Waals surface area contributed by atoms with E-state index in [1.54, 1.807) is 42.9 Å². The van der Waals surface area contributed by atoms with Crippen LogP contribution in [0, 0.1) is 6.92 Å². The third-order valence-electron chi connectivity index (χ3n) is 4.07. The maximum atomic E-state index is 12.8. The molecule has 1 aromatic carbocycles. The molecule has 0 aliphatic heterocycles. The first kappa shape index (κ1) is 17.2. The Labute approximate surface area is 148 Å². The largest absolute Gasteiger partial charge is 0.478 e. The molecular weight excluding hydrogens is 338 g/mol. The molecule has 1 amide bonds. The predicted molar refractivity (Wildman–Crippen MR) is 93.9 cm³/mol. The average molecular weight is 355 g/mol. The fraction of sp³-hybridized carbons (Fsp3) is 0.176. The molecule has 2 N–H and O–H groups in total. The van der Waals surface area contributed by atoms with Crippen molar-refractivity contribution in [2.75, 3.05) is 5.32 Å². The molecule has 0 bridgehead atoms. The minimum Gasteiger partial charge on any atom is -0.478 e. The molecule has 0 saturated heterocycles. The summed E-state index contributed by atoms with van der Waals surface area (Å²) in [6, 6.07) is 8.98. The maximum absolute atomic E-state index is 12.8. The van der Waals surface area contributed by atoms with Crippen LogP contribution in [-0.4, -0.2) is 36.1 Å². The number of nitrogens with zero attached hydrogens (tertiary/aromatic N) is 4. The molecule has 2 aromatic heterocycles. The van der Waals surface area contributed by atoms with Gasteiger partial charge in [0, 0.05) is 20.3 Å². The fourth-order valence-corrected chi connectivity index (χ4v) is 2.70. The van der Waals surface area contributed by atoms with Crippen LogP contribution in [0.3, 0.4) is 0 Å². The monoisotopic (exact) mass is 355 g/mol. The van der Waals surface area contributed by atoms with Crippen LogP contribution in [-0.2, 0) is 14.1 Å². The topological polar surface area (TPSA) is 111 Å². The molecule has 0 fully saturated rings. The molecular formula is C17H17N5O4. The summed E-state index contributed by atoms with van der Waals surface area (Å²) in [5, 5.41) is 15.6. The number of rotatable bonds is 4. The summed E-state index contributed by atoms with van der Waals surface area (Å²) in [6.45, 7) is 1.69. The lowest BCUT2D eigenvalue weighted by molar-refractivity contribution is 0.0692. The van der Waals surface area contributed by atoms with Gasteiger partial charge in [-0.2, -0.15) is 5.10 Å². The number of aromatic nitrogens is 4. The standard InChI is InChI=1S/C17H17N5O4/c1-10-13(16(24)22(21(10)3)11-7-5-4-6-8-11)18-15(23)14-12(17(25)26)9-20(2)19-14/h4-9H,1-3H3,(H,18,23)(H,25,26). The lowest BCUT2D eigenvalue weighted by Crippen LogP contribution is -2.24. The number of carbonyl (C=O) groups excluding carboxylic acids is 1. The lowest BCUT2D eigenvalue weighted by Gasteiger charge is -2.07. The third kappa shape index (κ3) is 2.79. The Kier molecular flexibility index (Phi) is 4.21. The van der Waals surface area contributed by atoms with E-state index in [4.69, 9.17) is 0 Å². The molecule has 26 heavy (non-hydrogen) atoms. The predicted octanol–water partition coefficient (Wildman–Crippen LogP) is 1.17. The number of nitrogens with one attached hydrogen (secondary N) is 1. The molecule has 0 unspecified atom stereocenters. The van der Waals surface area contributed by atoms with Crippen molar-refractivity contribution in [2.45, 2.75) is 6.92 Å². The van der Waals surface area contributed by atoms with Gasteiger partial charge in [-0.05, 0) is 19.1 Å². The quantitative estimate of drug-likeness (QED) is 0.730. The van der Waals surface area contributed by atoms with Gasteiger partial charge in [0.25, 0.3) is 11.5 Å². The molecule has 3 rings (SSSR count). The Morgan fingerprint density at radius 1 is 1.15 bits per heavy atom. The highest BCUT2D eigenvalue weighted by atomic mass is 16.4.